The first-order valence-corrected chi connectivity index (χ1v) is 6.50. The molecule has 3 heteroatoms. The van der Waals surface area contributed by atoms with Crippen LogP contribution < -0.4 is 0 Å². The van der Waals surface area contributed by atoms with E-state index in [9.17, 15) is 4.79 Å². The van der Waals surface area contributed by atoms with Crippen molar-refractivity contribution in [1.82, 2.24) is 4.90 Å². The molecule has 94 valence electrons. The van der Waals surface area contributed by atoms with E-state index in [0.29, 0.717) is 6.42 Å². The highest BCUT2D eigenvalue weighted by Crippen LogP contribution is 2.17. The Bertz CT molecular complexity index is 430. The minimum absolute atomic E-state index is 0.101. The minimum atomic E-state index is -0.185. The van der Waals surface area contributed by atoms with Gasteiger partial charge in [0.15, 0.2) is 5.78 Å². The van der Waals surface area contributed by atoms with Crippen LogP contribution in [0.4, 0.5) is 0 Å². The van der Waals surface area contributed by atoms with Crippen LogP contribution in [0.25, 0.3) is 0 Å². The second-order valence-corrected chi connectivity index (χ2v) is 4.80. The van der Waals surface area contributed by atoms with Crippen LogP contribution in [0.5, 0.6) is 0 Å². The van der Waals surface area contributed by atoms with E-state index in [0.717, 1.165) is 25.2 Å². The standard InChI is InChI=1S/C15H18N2O/c16-9-8-14(12-17-10-4-5-11-17)15(18)13-6-2-1-3-7-13/h1-3,6-7,14H,4-5,8,10-12H2. The number of likely N-dealkylation sites (tertiary alicyclic amines) is 1. The molecule has 1 unspecified atom stereocenters. The Morgan fingerprint density at radius 2 is 1.94 bits per heavy atom. The van der Waals surface area contributed by atoms with Gasteiger partial charge in [0.05, 0.1) is 6.07 Å². The second-order valence-electron chi connectivity index (χ2n) is 4.80. The summed E-state index contributed by atoms with van der Waals surface area (Å²) >= 11 is 0. The van der Waals surface area contributed by atoms with Gasteiger partial charge in [-0.2, -0.15) is 5.26 Å². The second kappa shape index (κ2) is 6.32. The lowest BCUT2D eigenvalue weighted by molar-refractivity contribution is 0.0892. The summed E-state index contributed by atoms with van der Waals surface area (Å²) in [6, 6.07) is 11.4. The number of benzene rings is 1. The molecule has 0 saturated carbocycles. The third-order valence-electron chi connectivity index (χ3n) is 3.44. The normalized spacial score (nSPS) is 17.3. The highest BCUT2D eigenvalue weighted by Gasteiger charge is 2.24. The van der Waals surface area contributed by atoms with Crippen LogP contribution in [-0.2, 0) is 0 Å². The molecule has 0 aromatic heterocycles. The van der Waals surface area contributed by atoms with Crippen molar-refractivity contribution in [3.8, 4) is 6.07 Å². The van der Waals surface area contributed by atoms with Crippen molar-refractivity contribution >= 4 is 5.78 Å². The molecule has 0 amide bonds. The van der Waals surface area contributed by atoms with E-state index in [2.05, 4.69) is 11.0 Å². The maximum atomic E-state index is 12.3. The number of rotatable bonds is 5. The zero-order chi connectivity index (χ0) is 12.8. The number of hydrogen-bond acceptors (Lipinski definition) is 3. The van der Waals surface area contributed by atoms with Crippen molar-refractivity contribution in [2.75, 3.05) is 19.6 Å². The number of nitriles is 1. The average Bonchev–Trinajstić information content (AvgIpc) is 2.91. The summed E-state index contributed by atoms with van der Waals surface area (Å²) in [6.07, 6.45) is 2.72. The van der Waals surface area contributed by atoms with Gasteiger partial charge in [-0.05, 0) is 25.9 Å². The molecule has 1 aromatic carbocycles. The van der Waals surface area contributed by atoms with Crippen molar-refractivity contribution in [2.24, 2.45) is 5.92 Å². The Hall–Kier alpha value is -1.66. The fraction of sp³-hybridized carbons (Fsp3) is 0.467. The molecule has 18 heavy (non-hydrogen) atoms. The average molecular weight is 242 g/mol. The van der Waals surface area contributed by atoms with Crippen LogP contribution in [-0.4, -0.2) is 30.3 Å². The Kier molecular flexibility index (Phi) is 4.49. The molecular formula is C15H18N2O. The van der Waals surface area contributed by atoms with E-state index in [1.807, 2.05) is 30.3 Å². The molecule has 1 aromatic rings. The number of carbonyl (C=O) groups excluding carboxylic acids is 1. The molecule has 1 aliphatic heterocycles. The Morgan fingerprint density at radius 1 is 1.28 bits per heavy atom. The molecule has 0 radical (unpaired) electrons. The maximum absolute atomic E-state index is 12.3. The molecule has 1 saturated heterocycles. The molecule has 1 atom stereocenters. The number of hydrogen-bond donors (Lipinski definition) is 0. The summed E-state index contributed by atoms with van der Waals surface area (Å²) in [5.74, 6) is -0.0837. The molecular weight excluding hydrogens is 224 g/mol. The largest absolute Gasteiger partial charge is 0.303 e. The van der Waals surface area contributed by atoms with Gasteiger partial charge in [0, 0.05) is 24.4 Å². The first kappa shape index (κ1) is 12.8. The monoisotopic (exact) mass is 242 g/mol. The van der Waals surface area contributed by atoms with Gasteiger partial charge in [0.1, 0.15) is 0 Å². The minimum Gasteiger partial charge on any atom is -0.303 e. The molecule has 2 rings (SSSR count). The van der Waals surface area contributed by atoms with Gasteiger partial charge in [-0.1, -0.05) is 30.3 Å². The number of ketones is 1. The van der Waals surface area contributed by atoms with Crippen LogP contribution in [0, 0.1) is 17.2 Å². The van der Waals surface area contributed by atoms with Crippen molar-refractivity contribution in [2.45, 2.75) is 19.3 Å². The SMILES string of the molecule is N#CCC(CN1CCCC1)C(=O)c1ccccc1. The first-order valence-electron chi connectivity index (χ1n) is 6.50. The van der Waals surface area contributed by atoms with Gasteiger partial charge in [-0.25, -0.2) is 0 Å². The van der Waals surface area contributed by atoms with Gasteiger partial charge in [0.2, 0.25) is 0 Å². The Balaban J connectivity index is 2.05. The third-order valence-corrected chi connectivity index (χ3v) is 3.44. The van der Waals surface area contributed by atoms with E-state index in [-0.39, 0.29) is 11.7 Å². The lowest BCUT2D eigenvalue weighted by atomic mass is 9.94. The van der Waals surface area contributed by atoms with E-state index in [1.54, 1.807) is 0 Å². The summed E-state index contributed by atoms with van der Waals surface area (Å²) in [5, 5.41) is 8.89. The summed E-state index contributed by atoms with van der Waals surface area (Å²) in [5.41, 5.74) is 0.719. The molecule has 0 N–H and O–H groups in total. The fourth-order valence-corrected chi connectivity index (χ4v) is 2.47. The fourth-order valence-electron chi connectivity index (χ4n) is 2.47. The molecule has 1 fully saturated rings. The molecule has 0 bridgehead atoms. The van der Waals surface area contributed by atoms with E-state index >= 15 is 0 Å². The lowest BCUT2D eigenvalue weighted by Crippen LogP contribution is -2.31. The van der Waals surface area contributed by atoms with E-state index in [4.69, 9.17) is 5.26 Å². The number of Topliss-reactive ketones (excluding diaryl/α,β-unsaturated/α-hetero) is 1. The summed E-state index contributed by atoms with van der Waals surface area (Å²) < 4.78 is 0. The van der Waals surface area contributed by atoms with Gasteiger partial charge in [-0.15, -0.1) is 0 Å². The van der Waals surface area contributed by atoms with E-state index in [1.165, 1.54) is 12.8 Å². The number of nitrogens with zero attached hydrogens (tertiary/aromatic N) is 2. The molecule has 0 spiro atoms. The van der Waals surface area contributed by atoms with Crippen molar-refractivity contribution < 1.29 is 4.79 Å². The molecule has 0 aliphatic carbocycles. The van der Waals surface area contributed by atoms with Crippen molar-refractivity contribution in [3.63, 3.8) is 0 Å². The highest BCUT2D eigenvalue weighted by molar-refractivity contribution is 5.98. The van der Waals surface area contributed by atoms with E-state index < -0.39 is 0 Å². The van der Waals surface area contributed by atoms with Crippen LogP contribution in [0.1, 0.15) is 29.6 Å². The quantitative estimate of drug-likeness (QED) is 0.745. The van der Waals surface area contributed by atoms with Crippen LogP contribution in [0.3, 0.4) is 0 Å². The van der Waals surface area contributed by atoms with Gasteiger partial charge in [-0.3, -0.25) is 4.79 Å². The molecule has 3 nitrogen and oxygen atoms in total. The zero-order valence-corrected chi connectivity index (χ0v) is 10.5. The van der Waals surface area contributed by atoms with Gasteiger partial charge >= 0.3 is 0 Å². The van der Waals surface area contributed by atoms with Crippen LogP contribution in [0.15, 0.2) is 30.3 Å². The summed E-state index contributed by atoms with van der Waals surface area (Å²) in [7, 11) is 0. The maximum Gasteiger partial charge on any atom is 0.168 e. The van der Waals surface area contributed by atoms with Crippen molar-refractivity contribution in [1.29, 1.82) is 5.26 Å². The van der Waals surface area contributed by atoms with Gasteiger partial charge < -0.3 is 4.90 Å². The molecule has 1 aliphatic rings. The summed E-state index contributed by atoms with van der Waals surface area (Å²) in [6.45, 7) is 2.84. The third kappa shape index (κ3) is 3.18. The van der Waals surface area contributed by atoms with Crippen molar-refractivity contribution in [3.05, 3.63) is 35.9 Å². The zero-order valence-electron chi connectivity index (χ0n) is 10.5. The Labute approximate surface area is 108 Å². The summed E-state index contributed by atoms with van der Waals surface area (Å²) in [4.78, 5) is 14.6. The topological polar surface area (TPSA) is 44.1 Å². The predicted octanol–water partition coefficient (Wildman–Crippen LogP) is 2.49. The lowest BCUT2D eigenvalue weighted by Gasteiger charge is -2.20. The smallest absolute Gasteiger partial charge is 0.168 e. The Morgan fingerprint density at radius 3 is 2.56 bits per heavy atom. The predicted molar refractivity (Wildman–Crippen MR) is 70.2 cm³/mol. The highest BCUT2D eigenvalue weighted by atomic mass is 16.1. The number of carbonyl (C=O) groups is 1. The first-order chi connectivity index (χ1) is 8.81. The molecule has 1 heterocycles. The van der Waals surface area contributed by atoms with Crippen LogP contribution >= 0.6 is 0 Å². The van der Waals surface area contributed by atoms with Crippen LogP contribution in [0.2, 0.25) is 0 Å². The van der Waals surface area contributed by atoms with Gasteiger partial charge in [0.25, 0.3) is 0 Å².